The predicted molar refractivity (Wildman–Crippen MR) is 63.4 cm³/mol. The van der Waals surface area contributed by atoms with Crippen LogP contribution in [-0.2, 0) is 11.3 Å². The van der Waals surface area contributed by atoms with Gasteiger partial charge in [-0.05, 0) is 11.8 Å². The molecule has 0 aromatic carbocycles. The van der Waals surface area contributed by atoms with Crippen molar-refractivity contribution in [3.63, 3.8) is 0 Å². The normalized spacial score (nSPS) is 11.9. The standard InChI is InChI=1S/C9H8F3N3OS2/c10-9(11,12)18-5-7(16)13-3-6-4-15-1-2-17-8(15)14-6/h1-2,4H,3,5H2,(H,13,16). The first kappa shape index (κ1) is 13.2. The lowest BCUT2D eigenvalue weighted by Gasteiger charge is -2.05. The third-order valence-corrected chi connectivity index (χ3v) is 3.48. The molecule has 0 unspecified atom stereocenters. The maximum absolute atomic E-state index is 11.8. The van der Waals surface area contributed by atoms with Gasteiger partial charge in [0.25, 0.3) is 0 Å². The van der Waals surface area contributed by atoms with Crippen molar-refractivity contribution in [1.29, 1.82) is 0 Å². The lowest BCUT2D eigenvalue weighted by atomic mass is 10.4. The van der Waals surface area contributed by atoms with Crippen LogP contribution < -0.4 is 5.32 Å². The monoisotopic (exact) mass is 295 g/mol. The second-order valence-corrected chi connectivity index (χ2v) is 5.25. The van der Waals surface area contributed by atoms with E-state index in [2.05, 4.69) is 10.3 Å². The number of carbonyl (C=O) groups excluding carboxylic acids is 1. The van der Waals surface area contributed by atoms with Crippen molar-refractivity contribution in [2.75, 3.05) is 5.75 Å². The number of imidazole rings is 1. The van der Waals surface area contributed by atoms with E-state index < -0.39 is 17.2 Å². The molecule has 2 aromatic heterocycles. The summed E-state index contributed by atoms with van der Waals surface area (Å²) in [5.41, 5.74) is -3.76. The number of nitrogens with zero attached hydrogens (tertiary/aromatic N) is 2. The molecule has 1 amide bonds. The van der Waals surface area contributed by atoms with Gasteiger partial charge in [-0.15, -0.1) is 11.3 Å². The van der Waals surface area contributed by atoms with Gasteiger partial charge < -0.3 is 5.32 Å². The summed E-state index contributed by atoms with van der Waals surface area (Å²) in [5, 5.41) is 4.26. The van der Waals surface area contributed by atoms with E-state index in [0.29, 0.717) is 5.69 Å². The van der Waals surface area contributed by atoms with Gasteiger partial charge in [-0.2, -0.15) is 13.2 Å². The summed E-state index contributed by atoms with van der Waals surface area (Å²) in [5.74, 6) is -1.29. The van der Waals surface area contributed by atoms with Gasteiger partial charge in [-0.3, -0.25) is 9.20 Å². The Hall–Kier alpha value is -1.22. The number of aromatic nitrogens is 2. The lowest BCUT2D eigenvalue weighted by Crippen LogP contribution is -2.26. The number of thioether (sulfide) groups is 1. The Morgan fingerprint density at radius 1 is 1.56 bits per heavy atom. The molecule has 0 bridgehead atoms. The highest BCUT2D eigenvalue weighted by Crippen LogP contribution is 2.29. The number of amides is 1. The lowest BCUT2D eigenvalue weighted by molar-refractivity contribution is -0.119. The van der Waals surface area contributed by atoms with E-state index in [1.54, 1.807) is 10.6 Å². The van der Waals surface area contributed by atoms with Crippen LogP contribution in [0.1, 0.15) is 5.69 Å². The molecule has 4 nitrogen and oxygen atoms in total. The van der Waals surface area contributed by atoms with Crippen molar-refractivity contribution in [3.05, 3.63) is 23.5 Å². The summed E-state index contributed by atoms with van der Waals surface area (Å²) in [7, 11) is 0. The number of fused-ring (bicyclic) bond motifs is 1. The summed E-state index contributed by atoms with van der Waals surface area (Å²) >= 11 is 1.09. The molecule has 0 aliphatic heterocycles. The third kappa shape index (κ3) is 3.64. The Bertz CT molecular complexity index is 520. The maximum Gasteiger partial charge on any atom is 0.442 e. The molecule has 9 heteroatoms. The van der Waals surface area contributed by atoms with Gasteiger partial charge in [-0.25, -0.2) is 4.98 Å². The molecular formula is C9H8F3N3OS2. The molecule has 2 rings (SSSR count). The minimum Gasteiger partial charge on any atom is -0.350 e. The number of hydrogen-bond donors (Lipinski definition) is 1. The number of carbonyl (C=O) groups is 1. The summed E-state index contributed by atoms with van der Waals surface area (Å²) in [6.07, 6.45) is 3.54. The number of alkyl halides is 3. The van der Waals surface area contributed by atoms with Crippen LogP contribution >= 0.6 is 23.1 Å². The summed E-state index contributed by atoms with van der Waals surface area (Å²) in [6, 6.07) is 0. The third-order valence-electron chi connectivity index (χ3n) is 1.98. The van der Waals surface area contributed by atoms with Crippen LogP contribution in [0.4, 0.5) is 13.2 Å². The molecule has 18 heavy (non-hydrogen) atoms. The van der Waals surface area contributed by atoms with Gasteiger partial charge in [0.05, 0.1) is 18.0 Å². The van der Waals surface area contributed by atoms with Crippen LogP contribution in [0.3, 0.4) is 0 Å². The minimum atomic E-state index is -4.38. The zero-order valence-electron chi connectivity index (χ0n) is 8.90. The Morgan fingerprint density at radius 3 is 3.00 bits per heavy atom. The average molecular weight is 295 g/mol. The van der Waals surface area contributed by atoms with Gasteiger partial charge in [-0.1, -0.05) is 0 Å². The topological polar surface area (TPSA) is 46.4 Å². The second-order valence-electron chi connectivity index (χ2n) is 3.34. The number of rotatable bonds is 4. The van der Waals surface area contributed by atoms with Crippen molar-refractivity contribution in [1.82, 2.24) is 14.7 Å². The fourth-order valence-corrected chi connectivity index (χ4v) is 2.36. The van der Waals surface area contributed by atoms with E-state index in [-0.39, 0.29) is 18.3 Å². The molecule has 0 saturated heterocycles. The van der Waals surface area contributed by atoms with Crippen molar-refractivity contribution >= 4 is 34.0 Å². The fourth-order valence-electron chi connectivity index (χ4n) is 1.25. The molecule has 0 aliphatic carbocycles. The molecule has 0 radical (unpaired) electrons. The van der Waals surface area contributed by atoms with Crippen LogP contribution in [0.25, 0.3) is 4.96 Å². The van der Waals surface area contributed by atoms with Crippen LogP contribution in [0.5, 0.6) is 0 Å². The summed E-state index contributed by atoms with van der Waals surface area (Å²) < 4.78 is 37.3. The zero-order valence-corrected chi connectivity index (χ0v) is 10.5. The molecular weight excluding hydrogens is 287 g/mol. The molecule has 98 valence electrons. The highest BCUT2D eigenvalue weighted by atomic mass is 32.2. The Kier molecular flexibility index (Phi) is 3.81. The largest absolute Gasteiger partial charge is 0.442 e. The molecule has 0 aliphatic rings. The Morgan fingerprint density at radius 2 is 2.33 bits per heavy atom. The van der Waals surface area contributed by atoms with E-state index >= 15 is 0 Å². The quantitative estimate of drug-likeness (QED) is 0.941. The first-order valence-corrected chi connectivity index (χ1v) is 6.69. The van der Waals surface area contributed by atoms with E-state index in [1.807, 2.05) is 11.6 Å². The van der Waals surface area contributed by atoms with Crippen LogP contribution in [-0.4, -0.2) is 26.6 Å². The fraction of sp³-hybridized carbons (Fsp3) is 0.333. The average Bonchev–Trinajstić information content (AvgIpc) is 2.82. The van der Waals surface area contributed by atoms with Gasteiger partial charge in [0.2, 0.25) is 5.91 Å². The van der Waals surface area contributed by atoms with E-state index in [0.717, 1.165) is 4.96 Å². The van der Waals surface area contributed by atoms with Crippen LogP contribution in [0.2, 0.25) is 0 Å². The highest BCUT2D eigenvalue weighted by molar-refractivity contribution is 8.00. The maximum atomic E-state index is 11.8. The number of thiazole rings is 1. The molecule has 0 fully saturated rings. The number of nitrogens with one attached hydrogen (secondary N) is 1. The van der Waals surface area contributed by atoms with E-state index in [1.165, 1.54) is 11.3 Å². The van der Waals surface area contributed by atoms with Gasteiger partial charge in [0.1, 0.15) is 0 Å². The predicted octanol–water partition coefficient (Wildman–Crippen LogP) is 2.27. The van der Waals surface area contributed by atoms with Crippen LogP contribution in [0.15, 0.2) is 17.8 Å². The molecule has 2 heterocycles. The molecule has 0 saturated carbocycles. The summed E-state index contributed by atoms with van der Waals surface area (Å²) in [6.45, 7) is 0.131. The Balaban J connectivity index is 1.81. The smallest absolute Gasteiger partial charge is 0.350 e. The molecule has 0 atom stereocenters. The number of hydrogen-bond acceptors (Lipinski definition) is 4. The van der Waals surface area contributed by atoms with Gasteiger partial charge >= 0.3 is 5.51 Å². The van der Waals surface area contributed by atoms with Crippen molar-refractivity contribution in [2.24, 2.45) is 0 Å². The van der Waals surface area contributed by atoms with E-state index in [9.17, 15) is 18.0 Å². The van der Waals surface area contributed by atoms with Crippen LogP contribution in [0, 0.1) is 0 Å². The van der Waals surface area contributed by atoms with Gasteiger partial charge in [0.15, 0.2) is 4.96 Å². The molecule has 0 spiro atoms. The van der Waals surface area contributed by atoms with Crippen molar-refractivity contribution < 1.29 is 18.0 Å². The minimum absolute atomic E-state index is 0.131. The second kappa shape index (κ2) is 5.19. The number of halogens is 3. The molecule has 2 aromatic rings. The molecule has 1 N–H and O–H groups in total. The zero-order chi connectivity index (χ0) is 13.2. The van der Waals surface area contributed by atoms with Crippen molar-refractivity contribution in [3.8, 4) is 0 Å². The first-order chi connectivity index (χ1) is 8.44. The van der Waals surface area contributed by atoms with E-state index in [4.69, 9.17) is 0 Å². The highest BCUT2D eigenvalue weighted by Gasteiger charge is 2.29. The summed E-state index contributed by atoms with van der Waals surface area (Å²) in [4.78, 5) is 16.1. The van der Waals surface area contributed by atoms with Gasteiger partial charge in [0, 0.05) is 17.8 Å². The Labute approximate surface area is 108 Å². The SMILES string of the molecule is O=C(CSC(F)(F)F)NCc1cn2ccsc2n1. The van der Waals surface area contributed by atoms with Crippen molar-refractivity contribution in [2.45, 2.75) is 12.1 Å². The first-order valence-electron chi connectivity index (χ1n) is 4.82.